The van der Waals surface area contributed by atoms with Crippen molar-refractivity contribution in [2.75, 3.05) is 18.1 Å². The molecule has 0 unspecified atom stereocenters. The third-order valence-corrected chi connectivity index (χ3v) is 7.93. The normalized spacial score (nSPS) is 14.5. The fourth-order valence-corrected chi connectivity index (χ4v) is 6.80. The van der Waals surface area contributed by atoms with Crippen molar-refractivity contribution in [3.8, 4) is 22.7 Å². The molecule has 0 aliphatic carbocycles. The molecule has 2 heterocycles. The van der Waals surface area contributed by atoms with E-state index in [2.05, 4.69) is 31.8 Å². The Morgan fingerprint density at radius 1 is 1.22 bits per heavy atom. The molecule has 0 amide bonds. The summed E-state index contributed by atoms with van der Waals surface area (Å²) in [5.74, 6) is 9.21. The van der Waals surface area contributed by atoms with E-state index in [0.717, 1.165) is 40.7 Å². The Labute approximate surface area is 173 Å². The standard InChI is InChI=1S/C21H22O3S3/c1-4-25-21(26-5-2)12-13-23-19-10-7-16(14-18(19)21)6-8-17-9-11-20(27-17)24-15(3)22/h7,9-11,14H,4-5,12-13H2,1-3H3. The summed E-state index contributed by atoms with van der Waals surface area (Å²) in [7, 11) is 0. The van der Waals surface area contributed by atoms with Gasteiger partial charge in [0.25, 0.3) is 0 Å². The van der Waals surface area contributed by atoms with Gasteiger partial charge in [-0.05, 0) is 41.8 Å². The van der Waals surface area contributed by atoms with Gasteiger partial charge in [0, 0.05) is 24.5 Å². The van der Waals surface area contributed by atoms with Gasteiger partial charge in [0.1, 0.15) is 5.75 Å². The Balaban J connectivity index is 1.89. The van der Waals surface area contributed by atoms with Crippen LogP contribution in [0.1, 0.15) is 43.2 Å². The molecule has 0 fully saturated rings. The first-order chi connectivity index (χ1) is 13.1. The van der Waals surface area contributed by atoms with Crippen molar-refractivity contribution in [3.05, 3.63) is 46.3 Å². The minimum absolute atomic E-state index is 0.0419. The van der Waals surface area contributed by atoms with E-state index in [1.165, 1.54) is 23.8 Å². The van der Waals surface area contributed by atoms with E-state index < -0.39 is 0 Å². The molecule has 0 saturated heterocycles. The highest BCUT2D eigenvalue weighted by atomic mass is 32.2. The fraction of sp³-hybridized carbons (Fsp3) is 0.381. The van der Waals surface area contributed by atoms with Crippen molar-refractivity contribution in [2.24, 2.45) is 0 Å². The fourth-order valence-electron chi connectivity index (χ4n) is 2.99. The molecule has 3 nitrogen and oxygen atoms in total. The molecule has 142 valence electrons. The van der Waals surface area contributed by atoms with Gasteiger partial charge in [0.05, 0.1) is 15.6 Å². The van der Waals surface area contributed by atoms with E-state index in [-0.39, 0.29) is 10.0 Å². The molecule has 3 rings (SSSR count). The van der Waals surface area contributed by atoms with Gasteiger partial charge in [0.15, 0.2) is 5.06 Å². The Bertz CT molecular complexity index is 870. The van der Waals surface area contributed by atoms with Crippen LogP contribution in [0.25, 0.3) is 0 Å². The number of hydrogen-bond donors (Lipinski definition) is 0. The predicted molar refractivity (Wildman–Crippen MR) is 116 cm³/mol. The zero-order chi connectivity index (χ0) is 19.3. The first-order valence-corrected chi connectivity index (χ1v) is 11.7. The molecular formula is C21H22O3S3. The number of rotatable bonds is 5. The first kappa shape index (κ1) is 20.2. The number of esters is 1. The quantitative estimate of drug-likeness (QED) is 0.363. The summed E-state index contributed by atoms with van der Waals surface area (Å²) in [6.07, 6.45) is 1.00. The van der Waals surface area contributed by atoms with E-state index in [0.29, 0.717) is 5.06 Å². The molecule has 6 heteroatoms. The van der Waals surface area contributed by atoms with Gasteiger partial charge in [-0.1, -0.05) is 37.0 Å². The van der Waals surface area contributed by atoms with Crippen molar-refractivity contribution in [1.29, 1.82) is 0 Å². The largest absolute Gasteiger partial charge is 0.493 e. The first-order valence-electron chi connectivity index (χ1n) is 8.92. The van der Waals surface area contributed by atoms with Crippen LogP contribution in [-0.4, -0.2) is 24.1 Å². The van der Waals surface area contributed by atoms with Crippen molar-refractivity contribution in [1.82, 2.24) is 0 Å². The zero-order valence-corrected chi connectivity index (χ0v) is 18.1. The summed E-state index contributed by atoms with van der Waals surface area (Å²) in [4.78, 5) is 11.9. The lowest BCUT2D eigenvalue weighted by molar-refractivity contribution is -0.131. The lowest BCUT2D eigenvalue weighted by atomic mass is 10.0. The van der Waals surface area contributed by atoms with Gasteiger partial charge in [0.2, 0.25) is 0 Å². The van der Waals surface area contributed by atoms with Gasteiger partial charge < -0.3 is 9.47 Å². The lowest BCUT2D eigenvalue weighted by Crippen LogP contribution is -2.27. The second-order valence-corrected chi connectivity index (χ2v) is 10.3. The predicted octanol–water partition coefficient (Wildman–Crippen LogP) is 5.51. The Kier molecular flexibility index (Phi) is 6.80. The van der Waals surface area contributed by atoms with Crippen LogP contribution in [0.3, 0.4) is 0 Å². The van der Waals surface area contributed by atoms with Crippen LogP contribution in [0.4, 0.5) is 0 Å². The Hall–Kier alpha value is -1.55. The highest BCUT2D eigenvalue weighted by Gasteiger charge is 2.38. The minimum Gasteiger partial charge on any atom is -0.493 e. The van der Waals surface area contributed by atoms with Gasteiger partial charge in [-0.25, -0.2) is 0 Å². The molecule has 1 aliphatic rings. The SMILES string of the molecule is CCSC1(SCC)CCOc2ccc(C#Cc3ccc(OC(C)=O)s3)cc21. The highest BCUT2D eigenvalue weighted by molar-refractivity contribution is 8.17. The van der Waals surface area contributed by atoms with Crippen LogP contribution in [0.2, 0.25) is 0 Å². The summed E-state index contributed by atoms with van der Waals surface area (Å²) < 4.78 is 11.0. The van der Waals surface area contributed by atoms with Gasteiger partial charge >= 0.3 is 5.97 Å². The molecule has 1 aromatic heterocycles. The van der Waals surface area contributed by atoms with Crippen molar-refractivity contribution < 1.29 is 14.3 Å². The molecule has 0 bridgehead atoms. The molecule has 1 aliphatic heterocycles. The molecule has 27 heavy (non-hydrogen) atoms. The van der Waals surface area contributed by atoms with Crippen molar-refractivity contribution in [3.63, 3.8) is 0 Å². The van der Waals surface area contributed by atoms with Crippen molar-refractivity contribution in [2.45, 2.75) is 31.3 Å². The summed E-state index contributed by atoms with van der Waals surface area (Å²) >= 11 is 5.35. The third-order valence-electron chi connectivity index (χ3n) is 3.99. The molecule has 0 spiro atoms. The smallest absolute Gasteiger partial charge is 0.308 e. The van der Waals surface area contributed by atoms with Crippen LogP contribution < -0.4 is 9.47 Å². The van der Waals surface area contributed by atoms with Gasteiger partial charge in [-0.2, -0.15) is 0 Å². The maximum atomic E-state index is 11.0. The van der Waals surface area contributed by atoms with E-state index in [4.69, 9.17) is 9.47 Å². The van der Waals surface area contributed by atoms with E-state index >= 15 is 0 Å². The molecule has 0 saturated carbocycles. The van der Waals surface area contributed by atoms with Crippen molar-refractivity contribution >= 4 is 40.8 Å². The van der Waals surface area contributed by atoms with Crippen LogP contribution in [0.15, 0.2) is 30.3 Å². The molecule has 0 N–H and O–H groups in total. The van der Waals surface area contributed by atoms with Crippen LogP contribution >= 0.6 is 34.9 Å². The topological polar surface area (TPSA) is 35.5 Å². The second-order valence-electron chi connectivity index (χ2n) is 5.89. The number of carbonyl (C=O) groups is 1. The summed E-state index contributed by atoms with van der Waals surface area (Å²) in [5.41, 5.74) is 2.21. The number of fused-ring (bicyclic) bond motifs is 1. The highest BCUT2D eigenvalue weighted by Crippen LogP contribution is 2.54. The molecule has 0 radical (unpaired) electrons. The maximum Gasteiger partial charge on any atom is 0.308 e. The summed E-state index contributed by atoms with van der Waals surface area (Å²) in [5, 5.41) is 0.573. The molecule has 0 atom stereocenters. The third kappa shape index (κ3) is 4.84. The number of ether oxygens (including phenoxy) is 2. The monoisotopic (exact) mass is 418 g/mol. The van der Waals surface area contributed by atoms with Gasteiger partial charge in [-0.3, -0.25) is 4.79 Å². The Morgan fingerprint density at radius 2 is 2.00 bits per heavy atom. The number of carbonyl (C=O) groups excluding carboxylic acids is 1. The average molecular weight is 419 g/mol. The molecule has 1 aromatic carbocycles. The van der Waals surface area contributed by atoms with E-state index in [9.17, 15) is 4.79 Å². The number of benzene rings is 1. The van der Waals surface area contributed by atoms with E-state index in [1.807, 2.05) is 41.7 Å². The Morgan fingerprint density at radius 3 is 2.70 bits per heavy atom. The van der Waals surface area contributed by atoms with E-state index in [1.54, 1.807) is 6.07 Å². The number of thioether (sulfide) groups is 2. The summed E-state index contributed by atoms with van der Waals surface area (Å²) in [6.45, 7) is 6.57. The maximum absolute atomic E-state index is 11.0. The zero-order valence-electron chi connectivity index (χ0n) is 15.7. The number of hydrogen-bond acceptors (Lipinski definition) is 6. The van der Waals surface area contributed by atoms with Crippen LogP contribution in [0.5, 0.6) is 10.8 Å². The average Bonchev–Trinajstić information content (AvgIpc) is 3.07. The molecular weight excluding hydrogens is 396 g/mol. The van der Waals surface area contributed by atoms with Gasteiger partial charge in [-0.15, -0.1) is 23.5 Å². The lowest BCUT2D eigenvalue weighted by Gasteiger charge is -2.37. The van der Waals surface area contributed by atoms with Crippen LogP contribution in [-0.2, 0) is 8.87 Å². The number of thiophene rings is 1. The second kappa shape index (κ2) is 9.09. The molecule has 2 aromatic rings. The van der Waals surface area contributed by atoms with Crippen LogP contribution in [0, 0.1) is 11.8 Å². The minimum atomic E-state index is -0.316. The summed E-state index contributed by atoms with van der Waals surface area (Å²) in [6, 6.07) is 9.88.